The summed E-state index contributed by atoms with van der Waals surface area (Å²) in [4.78, 5) is 4.25. The first-order chi connectivity index (χ1) is 10.2. The molecule has 0 unspecified atom stereocenters. The molecule has 0 aliphatic rings. The van der Waals surface area contributed by atoms with Gasteiger partial charge < -0.3 is 19.3 Å². The second-order valence-corrected chi connectivity index (χ2v) is 4.53. The van der Waals surface area contributed by atoms with Gasteiger partial charge in [0.2, 0.25) is 0 Å². The Morgan fingerprint density at radius 3 is 2.38 bits per heavy atom. The van der Waals surface area contributed by atoms with E-state index in [9.17, 15) is 5.11 Å². The van der Waals surface area contributed by atoms with Crippen LogP contribution in [0.4, 0.5) is 0 Å². The van der Waals surface area contributed by atoms with Crippen molar-refractivity contribution in [2.24, 2.45) is 0 Å². The fourth-order valence-corrected chi connectivity index (χ4v) is 1.95. The van der Waals surface area contributed by atoms with Crippen molar-refractivity contribution in [3.63, 3.8) is 0 Å². The fraction of sp³-hybridized carbons (Fsp3) is 0.312. The lowest BCUT2D eigenvalue weighted by atomic mass is 10.1. The monoisotopic (exact) mass is 289 g/mol. The van der Waals surface area contributed by atoms with Gasteiger partial charge in [0.15, 0.2) is 11.5 Å². The number of hydrogen-bond donors (Lipinski definition) is 1. The normalized spacial score (nSPS) is 11.8. The molecule has 0 fully saturated rings. The third-order valence-electron chi connectivity index (χ3n) is 3.10. The molecule has 0 saturated heterocycles. The summed E-state index contributed by atoms with van der Waals surface area (Å²) in [5.74, 6) is 1.89. The molecular formula is C16H19NO4. The molecule has 1 aromatic carbocycles. The minimum atomic E-state index is -0.487. The predicted molar refractivity (Wildman–Crippen MR) is 78.7 cm³/mol. The number of methoxy groups -OCH3 is 2. The van der Waals surface area contributed by atoms with E-state index >= 15 is 0 Å². The number of nitrogens with zero attached hydrogens (tertiary/aromatic N) is 1. The van der Waals surface area contributed by atoms with Crippen LogP contribution in [0, 0.1) is 0 Å². The standard InChI is InChI=1S/C16H19NO4/c1-11(18)12-4-6-13(7-5-12)21-10-14-16(20-3)15(19-2)8-9-17-14/h4-9,11,18H,10H2,1-3H3/t11-/m1/s1. The molecule has 21 heavy (non-hydrogen) atoms. The van der Waals surface area contributed by atoms with E-state index in [1.54, 1.807) is 33.4 Å². The van der Waals surface area contributed by atoms with E-state index in [4.69, 9.17) is 14.2 Å². The predicted octanol–water partition coefficient (Wildman–Crippen LogP) is 2.73. The zero-order valence-electron chi connectivity index (χ0n) is 12.4. The second kappa shape index (κ2) is 6.95. The molecule has 0 amide bonds. The van der Waals surface area contributed by atoms with Crippen LogP contribution in [0.25, 0.3) is 0 Å². The molecule has 1 N–H and O–H groups in total. The molecule has 1 atom stereocenters. The minimum Gasteiger partial charge on any atom is -0.493 e. The zero-order chi connectivity index (χ0) is 15.2. The number of ether oxygens (including phenoxy) is 3. The molecule has 2 rings (SSSR count). The average molecular weight is 289 g/mol. The smallest absolute Gasteiger partial charge is 0.185 e. The Bertz CT molecular complexity index is 581. The van der Waals surface area contributed by atoms with Crippen LogP contribution in [0.2, 0.25) is 0 Å². The molecule has 112 valence electrons. The van der Waals surface area contributed by atoms with Gasteiger partial charge >= 0.3 is 0 Å². The maximum absolute atomic E-state index is 9.47. The van der Waals surface area contributed by atoms with Gasteiger partial charge in [-0.1, -0.05) is 12.1 Å². The molecule has 0 bridgehead atoms. The van der Waals surface area contributed by atoms with Crippen LogP contribution in [-0.2, 0) is 6.61 Å². The number of aromatic nitrogens is 1. The molecule has 0 aliphatic heterocycles. The molecular weight excluding hydrogens is 270 g/mol. The lowest BCUT2D eigenvalue weighted by molar-refractivity contribution is 0.199. The Labute approximate surface area is 124 Å². The lowest BCUT2D eigenvalue weighted by Crippen LogP contribution is -2.03. The van der Waals surface area contributed by atoms with Crippen LogP contribution in [-0.4, -0.2) is 24.3 Å². The summed E-state index contributed by atoms with van der Waals surface area (Å²) in [6.45, 7) is 2.00. The van der Waals surface area contributed by atoms with Crippen LogP contribution in [0.5, 0.6) is 17.2 Å². The summed E-state index contributed by atoms with van der Waals surface area (Å²) in [5, 5.41) is 9.47. The number of aliphatic hydroxyl groups is 1. The SMILES string of the molecule is COc1ccnc(COc2ccc([C@@H](C)O)cc2)c1OC. The van der Waals surface area contributed by atoms with E-state index in [1.807, 2.05) is 24.3 Å². The third kappa shape index (κ3) is 3.64. The van der Waals surface area contributed by atoms with Crippen LogP contribution in [0.15, 0.2) is 36.5 Å². The number of benzene rings is 1. The summed E-state index contributed by atoms with van der Waals surface area (Å²) in [5.41, 5.74) is 1.51. The van der Waals surface area contributed by atoms with Gasteiger partial charge in [0.05, 0.1) is 20.3 Å². The quantitative estimate of drug-likeness (QED) is 0.886. The van der Waals surface area contributed by atoms with Gasteiger partial charge in [-0.25, -0.2) is 0 Å². The highest BCUT2D eigenvalue weighted by Gasteiger charge is 2.11. The summed E-state index contributed by atoms with van der Waals surface area (Å²) in [7, 11) is 3.15. The first-order valence-electron chi connectivity index (χ1n) is 6.62. The van der Waals surface area contributed by atoms with Gasteiger partial charge in [0.25, 0.3) is 0 Å². The van der Waals surface area contributed by atoms with Crippen molar-refractivity contribution in [1.82, 2.24) is 4.98 Å². The van der Waals surface area contributed by atoms with Gasteiger partial charge in [-0.15, -0.1) is 0 Å². The van der Waals surface area contributed by atoms with Crippen molar-refractivity contribution in [1.29, 1.82) is 0 Å². The summed E-state index contributed by atoms with van der Waals surface area (Å²) < 4.78 is 16.2. The Morgan fingerprint density at radius 2 is 1.81 bits per heavy atom. The highest BCUT2D eigenvalue weighted by Crippen LogP contribution is 2.29. The van der Waals surface area contributed by atoms with Gasteiger partial charge in [-0.05, 0) is 24.6 Å². The second-order valence-electron chi connectivity index (χ2n) is 4.53. The minimum absolute atomic E-state index is 0.272. The molecule has 0 radical (unpaired) electrons. The summed E-state index contributed by atoms with van der Waals surface area (Å²) in [6.07, 6.45) is 1.16. The van der Waals surface area contributed by atoms with Crippen LogP contribution >= 0.6 is 0 Å². The summed E-state index contributed by atoms with van der Waals surface area (Å²) in [6, 6.07) is 9.02. The molecule has 2 aromatic rings. The van der Waals surface area contributed by atoms with E-state index in [-0.39, 0.29) is 6.61 Å². The van der Waals surface area contributed by atoms with Crippen molar-refractivity contribution < 1.29 is 19.3 Å². The van der Waals surface area contributed by atoms with E-state index in [1.165, 1.54) is 0 Å². The molecule has 0 spiro atoms. The lowest BCUT2D eigenvalue weighted by Gasteiger charge is -2.12. The van der Waals surface area contributed by atoms with E-state index in [0.717, 1.165) is 5.56 Å². The Balaban J connectivity index is 2.09. The molecule has 1 aromatic heterocycles. The first-order valence-corrected chi connectivity index (χ1v) is 6.62. The number of aliphatic hydroxyl groups excluding tert-OH is 1. The number of rotatable bonds is 6. The Hall–Kier alpha value is -2.27. The van der Waals surface area contributed by atoms with Crippen LogP contribution < -0.4 is 14.2 Å². The zero-order valence-corrected chi connectivity index (χ0v) is 12.4. The molecule has 0 aliphatic carbocycles. The van der Waals surface area contributed by atoms with E-state index in [2.05, 4.69) is 4.98 Å². The average Bonchev–Trinajstić information content (AvgIpc) is 2.52. The largest absolute Gasteiger partial charge is 0.493 e. The topological polar surface area (TPSA) is 60.8 Å². The highest BCUT2D eigenvalue weighted by molar-refractivity contribution is 5.42. The molecule has 0 saturated carbocycles. The molecule has 1 heterocycles. The van der Waals surface area contributed by atoms with Crippen LogP contribution in [0.1, 0.15) is 24.3 Å². The van der Waals surface area contributed by atoms with Gasteiger partial charge in [-0.3, -0.25) is 4.98 Å². The Morgan fingerprint density at radius 1 is 1.10 bits per heavy atom. The number of pyridine rings is 1. The van der Waals surface area contributed by atoms with Crippen molar-refractivity contribution in [2.45, 2.75) is 19.6 Å². The maximum Gasteiger partial charge on any atom is 0.185 e. The van der Waals surface area contributed by atoms with Gasteiger partial charge in [0.1, 0.15) is 18.1 Å². The van der Waals surface area contributed by atoms with Crippen molar-refractivity contribution in [3.05, 3.63) is 47.8 Å². The van der Waals surface area contributed by atoms with Crippen LogP contribution in [0.3, 0.4) is 0 Å². The Kier molecular flexibility index (Phi) is 5.00. The van der Waals surface area contributed by atoms with Gasteiger partial charge in [-0.2, -0.15) is 0 Å². The van der Waals surface area contributed by atoms with Crippen molar-refractivity contribution in [2.75, 3.05) is 14.2 Å². The summed E-state index contributed by atoms with van der Waals surface area (Å²) >= 11 is 0. The maximum atomic E-state index is 9.47. The fourth-order valence-electron chi connectivity index (χ4n) is 1.95. The van der Waals surface area contributed by atoms with E-state index < -0.39 is 6.10 Å². The third-order valence-corrected chi connectivity index (χ3v) is 3.10. The van der Waals surface area contributed by atoms with Gasteiger partial charge in [0, 0.05) is 12.3 Å². The van der Waals surface area contributed by atoms with E-state index in [0.29, 0.717) is 22.9 Å². The van der Waals surface area contributed by atoms with Crippen molar-refractivity contribution >= 4 is 0 Å². The first kappa shape index (κ1) is 15.1. The molecule has 5 heteroatoms. The van der Waals surface area contributed by atoms with Crippen molar-refractivity contribution in [3.8, 4) is 17.2 Å². The highest BCUT2D eigenvalue weighted by atomic mass is 16.5. The number of hydrogen-bond acceptors (Lipinski definition) is 5. The molecule has 5 nitrogen and oxygen atoms in total.